The summed E-state index contributed by atoms with van der Waals surface area (Å²) < 4.78 is 27.0. The van der Waals surface area contributed by atoms with E-state index in [0.717, 1.165) is 12.0 Å². The van der Waals surface area contributed by atoms with Gasteiger partial charge in [0.05, 0.1) is 4.90 Å². The predicted molar refractivity (Wildman–Crippen MR) is 86.0 cm³/mol. The zero-order valence-corrected chi connectivity index (χ0v) is 14.1. The van der Waals surface area contributed by atoms with Crippen molar-refractivity contribution in [3.8, 4) is 0 Å². The van der Waals surface area contributed by atoms with Crippen LogP contribution < -0.4 is 10.0 Å². The van der Waals surface area contributed by atoms with Crippen LogP contribution in [0.1, 0.15) is 38.7 Å². The zero-order valence-electron chi connectivity index (χ0n) is 12.5. The lowest BCUT2D eigenvalue weighted by Crippen LogP contribution is -2.25. The van der Waals surface area contributed by atoms with Gasteiger partial charge in [-0.15, -0.1) is 0 Å². The van der Waals surface area contributed by atoms with E-state index < -0.39 is 10.0 Å². The Bertz CT molecular complexity index is 583. The van der Waals surface area contributed by atoms with Crippen molar-refractivity contribution in [1.29, 1.82) is 0 Å². The minimum absolute atomic E-state index is 0.233. The lowest BCUT2D eigenvalue weighted by atomic mass is 10.2. The number of rotatable bonds is 8. The first-order chi connectivity index (χ1) is 9.88. The molecule has 0 radical (unpaired) electrons. The summed E-state index contributed by atoms with van der Waals surface area (Å²) in [5.74, 6) is 0.709. The molecule has 2 rings (SSSR count). The van der Waals surface area contributed by atoms with E-state index in [2.05, 4.69) is 23.9 Å². The molecule has 1 saturated carbocycles. The van der Waals surface area contributed by atoms with Crippen LogP contribution in [-0.2, 0) is 16.6 Å². The number of benzene rings is 1. The highest BCUT2D eigenvalue weighted by molar-refractivity contribution is 7.89. The second kappa shape index (κ2) is 7.09. The number of nitrogens with one attached hydrogen (secondary N) is 2. The maximum atomic E-state index is 12.2. The van der Waals surface area contributed by atoms with Crippen LogP contribution in [-0.4, -0.2) is 21.0 Å². The van der Waals surface area contributed by atoms with Crippen molar-refractivity contribution in [2.75, 3.05) is 6.54 Å². The van der Waals surface area contributed by atoms with Gasteiger partial charge >= 0.3 is 0 Å². The van der Waals surface area contributed by atoms with Gasteiger partial charge in [-0.3, -0.25) is 0 Å². The number of hydrogen-bond acceptors (Lipinski definition) is 3. The summed E-state index contributed by atoms with van der Waals surface area (Å²) >= 11 is 6.18. The zero-order chi connectivity index (χ0) is 15.5. The van der Waals surface area contributed by atoms with Gasteiger partial charge in [0, 0.05) is 24.2 Å². The van der Waals surface area contributed by atoms with Crippen LogP contribution in [0.2, 0.25) is 5.02 Å². The molecule has 1 fully saturated rings. The molecule has 4 nitrogen and oxygen atoms in total. The van der Waals surface area contributed by atoms with Gasteiger partial charge < -0.3 is 5.32 Å². The molecule has 0 saturated heterocycles. The maximum absolute atomic E-state index is 12.2. The molecule has 118 valence electrons. The molecular formula is C15H23ClN2O2S. The Morgan fingerprint density at radius 3 is 2.62 bits per heavy atom. The molecule has 0 aromatic heterocycles. The topological polar surface area (TPSA) is 58.2 Å². The molecule has 0 spiro atoms. The second-order valence-electron chi connectivity index (χ2n) is 5.92. The second-order valence-corrected chi connectivity index (χ2v) is 8.09. The first kappa shape index (κ1) is 16.7. The van der Waals surface area contributed by atoms with Crippen molar-refractivity contribution in [3.63, 3.8) is 0 Å². The quantitative estimate of drug-likeness (QED) is 0.770. The lowest BCUT2D eigenvalue weighted by Gasteiger charge is -2.11. The fourth-order valence-electron chi connectivity index (χ4n) is 2.04. The molecule has 0 bridgehead atoms. The molecule has 1 aliphatic rings. The lowest BCUT2D eigenvalue weighted by molar-refractivity contribution is 0.574. The summed E-state index contributed by atoms with van der Waals surface area (Å²) in [5, 5.41) is 3.74. The van der Waals surface area contributed by atoms with E-state index in [0.29, 0.717) is 30.1 Å². The van der Waals surface area contributed by atoms with Crippen molar-refractivity contribution in [1.82, 2.24) is 10.0 Å². The van der Waals surface area contributed by atoms with Gasteiger partial charge in [0.2, 0.25) is 10.0 Å². The summed E-state index contributed by atoms with van der Waals surface area (Å²) in [6.07, 6.45) is 3.37. The number of sulfonamides is 1. The van der Waals surface area contributed by atoms with E-state index in [1.54, 1.807) is 12.1 Å². The van der Waals surface area contributed by atoms with Gasteiger partial charge in [0.15, 0.2) is 0 Å². The van der Waals surface area contributed by atoms with E-state index in [1.807, 2.05) is 0 Å². The summed E-state index contributed by atoms with van der Waals surface area (Å²) in [6.45, 7) is 5.24. The molecule has 1 aliphatic carbocycles. The molecule has 6 heteroatoms. The van der Waals surface area contributed by atoms with Crippen molar-refractivity contribution in [3.05, 3.63) is 28.8 Å². The Kier molecular flexibility index (Phi) is 5.66. The third-order valence-electron chi connectivity index (χ3n) is 3.58. The SMILES string of the molecule is CC(C)NCc1ccc(S(=O)(=O)NCCC2CC2)cc1Cl. The third kappa shape index (κ3) is 5.25. The summed E-state index contributed by atoms with van der Waals surface area (Å²) in [4.78, 5) is 0.233. The fourth-order valence-corrected chi connectivity index (χ4v) is 3.43. The average molecular weight is 331 g/mol. The van der Waals surface area contributed by atoms with Crippen LogP contribution in [0.3, 0.4) is 0 Å². The van der Waals surface area contributed by atoms with Crippen LogP contribution in [0.4, 0.5) is 0 Å². The van der Waals surface area contributed by atoms with Crippen LogP contribution in [0.15, 0.2) is 23.1 Å². The Labute approximate surface area is 132 Å². The van der Waals surface area contributed by atoms with E-state index in [1.165, 1.54) is 18.9 Å². The Morgan fingerprint density at radius 2 is 2.05 bits per heavy atom. The van der Waals surface area contributed by atoms with Crippen molar-refractivity contribution >= 4 is 21.6 Å². The van der Waals surface area contributed by atoms with E-state index in [9.17, 15) is 8.42 Å². The van der Waals surface area contributed by atoms with E-state index >= 15 is 0 Å². The van der Waals surface area contributed by atoms with Crippen LogP contribution in [0, 0.1) is 5.92 Å². The van der Waals surface area contributed by atoms with Gasteiger partial charge in [0.1, 0.15) is 0 Å². The molecule has 1 aromatic rings. The highest BCUT2D eigenvalue weighted by Crippen LogP contribution is 2.31. The van der Waals surface area contributed by atoms with Crippen molar-refractivity contribution in [2.24, 2.45) is 5.92 Å². The predicted octanol–water partition coefficient (Wildman–Crippen LogP) is 2.92. The summed E-state index contributed by atoms with van der Waals surface area (Å²) in [5.41, 5.74) is 0.905. The first-order valence-electron chi connectivity index (χ1n) is 7.40. The standard InChI is InChI=1S/C15H23ClN2O2S/c1-11(2)17-10-13-5-6-14(9-15(13)16)21(19,20)18-8-7-12-3-4-12/h5-6,9,11-12,17-18H,3-4,7-8,10H2,1-2H3. The Morgan fingerprint density at radius 1 is 1.33 bits per heavy atom. The Hall–Kier alpha value is -0.620. The molecule has 2 N–H and O–H groups in total. The molecule has 0 amide bonds. The maximum Gasteiger partial charge on any atom is 0.240 e. The van der Waals surface area contributed by atoms with E-state index in [4.69, 9.17) is 11.6 Å². The monoisotopic (exact) mass is 330 g/mol. The van der Waals surface area contributed by atoms with Crippen LogP contribution in [0.25, 0.3) is 0 Å². The highest BCUT2D eigenvalue weighted by Gasteiger charge is 2.22. The average Bonchev–Trinajstić information content (AvgIpc) is 3.21. The van der Waals surface area contributed by atoms with E-state index in [-0.39, 0.29) is 4.90 Å². The molecule has 0 unspecified atom stereocenters. The smallest absolute Gasteiger partial charge is 0.240 e. The van der Waals surface area contributed by atoms with Gasteiger partial charge in [0.25, 0.3) is 0 Å². The largest absolute Gasteiger partial charge is 0.310 e. The minimum Gasteiger partial charge on any atom is -0.310 e. The van der Waals surface area contributed by atoms with Crippen LogP contribution >= 0.6 is 11.6 Å². The molecule has 0 heterocycles. The van der Waals surface area contributed by atoms with Gasteiger partial charge in [-0.25, -0.2) is 13.1 Å². The van der Waals surface area contributed by atoms with Crippen molar-refractivity contribution in [2.45, 2.75) is 50.6 Å². The number of hydrogen-bond donors (Lipinski definition) is 2. The number of halogens is 1. The Balaban J connectivity index is 1.99. The van der Waals surface area contributed by atoms with Gasteiger partial charge in [-0.1, -0.05) is 44.4 Å². The van der Waals surface area contributed by atoms with Crippen LogP contribution in [0.5, 0.6) is 0 Å². The molecular weight excluding hydrogens is 308 g/mol. The van der Waals surface area contributed by atoms with Gasteiger partial charge in [-0.05, 0) is 30.0 Å². The highest BCUT2D eigenvalue weighted by atomic mass is 35.5. The molecule has 21 heavy (non-hydrogen) atoms. The first-order valence-corrected chi connectivity index (χ1v) is 9.26. The minimum atomic E-state index is -3.45. The van der Waals surface area contributed by atoms with Gasteiger partial charge in [-0.2, -0.15) is 0 Å². The molecule has 0 atom stereocenters. The summed E-state index contributed by atoms with van der Waals surface area (Å²) in [6, 6.07) is 5.27. The van der Waals surface area contributed by atoms with Crippen molar-refractivity contribution < 1.29 is 8.42 Å². The summed E-state index contributed by atoms with van der Waals surface area (Å²) in [7, 11) is -3.45. The third-order valence-corrected chi connectivity index (χ3v) is 5.39. The fraction of sp³-hybridized carbons (Fsp3) is 0.600. The normalized spacial score (nSPS) is 15.6. The molecule has 1 aromatic carbocycles. The molecule has 0 aliphatic heterocycles.